The summed E-state index contributed by atoms with van der Waals surface area (Å²) >= 11 is 0. The second kappa shape index (κ2) is 6.38. The summed E-state index contributed by atoms with van der Waals surface area (Å²) in [6.07, 6.45) is 0.828. The van der Waals surface area contributed by atoms with Crippen LogP contribution in [0.4, 0.5) is 11.4 Å². The molecule has 1 heterocycles. The molecule has 19 heavy (non-hydrogen) atoms. The van der Waals surface area contributed by atoms with E-state index in [1.165, 1.54) is 6.07 Å². The fraction of sp³-hybridized carbons (Fsp3) is 0.538. The lowest BCUT2D eigenvalue weighted by molar-refractivity contribution is -0.385. The van der Waals surface area contributed by atoms with E-state index in [0.29, 0.717) is 12.4 Å². The highest BCUT2D eigenvalue weighted by atomic mass is 16.6. The van der Waals surface area contributed by atoms with Gasteiger partial charge in [0.1, 0.15) is 0 Å². The van der Waals surface area contributed by atoms with Gasteiger partial charge in [0.25, 0.3) is 0 Å². The van der Waals surface area contributed by atoms with Gasteiger partial charge in [-0.2, -0.15) is 0 Å². The zero-order valence-electron chi connectivity index (χ0n) is 11.1. The molecule has 6 heteroatoms. The van der Waals surface area contributed by atoms with Gasteiger partial charge in [0.2, 0.25) is 0 Å². The fourth-order valence-corrected chi connectivity index (χ4v) is 2.10. The van der Waals surface area contributed by atoms with Gasteiger partial charge in [0, 0.05) is 44.0 Å². The van der Waals surface area contributed by atoms with Crippen LogP contribution in [0.2, 0.25) is 0 Å². The maximum absolute atomic E-state index is 11.0. The maximum Gasteiger partial charge on any atom is 0.311 e. The van der Waals surface area contributed by atoms with Crippen molar-refractivity contribution >= 4 is 11.4 Å². The van der Waals surface area contributed by atoms with Crippen molar-refractivity contribution in [3.8, 4) is 5.75 Å². The predicted octanol–water partition coefficient (Wildman–Crippen LogP) is 1.79. The largest absolute Gasteiger partial charge is 0.487 e. The Morgan fingerprint density at radius 2 is 2.16 bits per heavy atom. The lowest BCUT2D eigenvalue weighted by Crippen LogP contribution is -2.43. The van der Waals surface area contributed by atoms with Gasteiger partial charge in [-0.1, -0.05) is 6.92 Å². The highest BCUT2D eigenvalue weighted by Gasteiger charge is 2.18. The van der Waals surface area contributed by atoms with Crippen LogP contribution in [0.3, 0.4) is 0 Å². The average Bonchev–Trinajstić information content (AvgIpc) is 2.45. The first-order chi connectivity index (χ1) is 9.22. The number of hydrogen-bond donors (Lipinski definition) is 1. The van der Waals surface area contributed by atoms with Crippen molar-refractivity contribution in [2.24, 2.45) is 0 Å². The Labute approximate surface area is 112 Å². The van der Waals surface area contributed by atoms with Crippen LogP contribution in [0.5, 0.6) is 5.75 Å². The zero-order chi connectivity index (χ0) is 13.7. The topological polar surface area (TPSA) is 67.6 Å². The number of anilines is 1. The molecule has 0 aliphatic carbocycles. The molecular formula is C13H19N3O3. The molecule has 104 valence electrons. The minimum Gasteiger partial charge on any atom is -0.487 e. The van der Waals surface area contributed by atoms with Crippen LogP contribution >= 0.6 is 0 Å². The molecule has 1 aromatic rings. The van der Waals surface area contributed by atoms with E-state index in [9.17, 15) is 10.1 Å². The summed E-state index contributed by atoms with van der Waals surface area (Å²) in [5.74, 6) is 0.364. The second-order valence-corrected chi connectivity index (χ2v) is 4.49. The van der Waals surface area contributed by atoms with Gasteiger partial charge < -0.3 is 15.0 Å². The highest BCUT2D eigenvalue weighted by Crippen LogP contribution is 2.31. The van der Waals surface area contributed by atoms with Crippen molar-refractivity contribution in [1.29, 1.82) is 0 Å². The van der Waals surface area contributed by atoms with E-state index in [4.69, 9.17) is 4.74 Å². The highest BCUT2D eigenvalue weighted by molar-refractivity contribution is 5.59. The Bertz CT molecular complexity index is 445. The minimum absolute atomic E-state index is 0.0346. The van der Waals surface area contributed by atoms with Crippen LogP contribution in [0.15, 0.2) is 18.2 Å². The molecule has 0 amide bonds. The summed E-state index contributed by atoms with van der Waals surface area (Å²) in [5, 5.41) is 14.3. The monoisotopic (exact) mass is 265 g/mol. The lowest BCUT2D eigenvalue weighted by Gasteiger charge is -2.29. The Hall–Kier alpha value is -1.82. The van der Waals surface area contributed by atoms with Crippen molar-refractivity contribution in [1.82, 2.24) is 5.32 Å². The summed E-state index contributed by atoms with van der Waals surface area (Å²) in [7, 11) is 0. The van der Waals surface area contributed by atoms with Crippen LogP contribution in [0, 0.1) is 10.1 Å². The Kier molecular flexibility index (Phi) is 4.57. The number of nitro benzene ring substituents is 1. The third-order valence-electron chi connectivity index (χ3n) is 3.08. The molecule has 0 atom stereocenters. The lowest BCUT2D eigenvalue weighted by atomic mass is 10.2. The number of benzene rings is 1. The molecule has 1 aliphatic rings. The molecule has 0 bridgehead atoms. The normalized spacial score (nSPS) is 15.3. The van der Waals surface area contributed by atoms with Crippen LogP contribution in [0.1, 0.15) is 13.3 Å². The SMILES string of the molecule is CCCOc1cc(N2CCNCC2)ccc1[N+](=O)[O-]. The summed E-state index contributed by atoms with van der Waals surface area (Å²) in [4.78, 5) is 12.8. The van der Waals surface area contributed by atoms with Crippen molar-refractivity contribution in [2.45, 2.75) is 13.3 Å². The first-order valence-electron chi connectivity index (χ1n) is 6.59. The van der Waals surface area contributed by atoms with Gasteiger partial charge in [0.15, 0.2) is 5.75 Å². The maximum atomic E-state index is 11.0. The Morgan fingerprint density at radius 1 is 1.42 bits per heavy atom. The molecule has 0 unspecified atom stereocenters. The average molecular weight is 265 g/mol. The van der Waals surface area contributed by atoms with E-state index in [2.05, 4.69) is 10.2 Å². The van der Waals surface area contributed by atoms with Gasteiger partial charge in [0.05, 0.1) is 11.5 Å². The molecule has 1 aliphatic heterocycles. The molecule has 0 aromatic heterocycles. The summed E-state index contributed by atoms with van der Waals surface area (Å²) in [6.45, 7) is 6.15. The van der Waals surface area contributed by atoms with Gasteiger partial charge in [-0.15, -0.1) is 0 Å². The third-order valence-corrected chi connectivity index (χ3v) is 3.08. The zero-order valence-corrected chi connectivity index (χ0v) is 11.1. The predicted molar refractivity (Wildman–Crippen MR) is 74.0 cm³/mol. The van der Waals surface area contributed by atoms with E-state index in [0.717, 1.165) is 38.3 Å². The third kappa shape index (κ3) is 3.35. The van der Waals surface area contributed by atoms with Crippen molar-refractivity contribution in [3.63, 3.8) is 0 Å². The molecule has 0 saturated carbocycles. The van der Waals surface area contributed by atoms with Crippen LogP contribution < -0.4 is 15.0 Å². The summed E-state index contributed by atoms with van der Waals surface area (Å²) in [6, 6.07) is 5.10. The van der Waals surface area contributed by atoms with Gasteiger partial charge in [-0.05, 0) is 12.5 Å². The first kappa shape index (κ1) is 13.6. The summed E-state index contributed by atoms with van der Waals surface area (Å²) < 4.78 is 5.50. The number of ether oxygens (including phenoxy) is 1. The molecule has 1 fully saturated rings. The van der Waals surface area contributed by atoms with Crippen molar-refractivity contribution < 1.29 is 9.66 Å². The fourth-order valence-electron chi connectivity index (χ4n) is 2.10. The first-order valence-corrected chi connectivity index (χ1v) is 6.59. The molecule has 1 aromatic carbocycles. The molecular weight excluding hydrogens is 246 g/mol. The molecule has 2 rings (SSSR count). The number of rotatable bonds is 5. The molecule has 1 N–H and O–H groups in total. The smallest absolute Gasteiger partial charge is 0.311 e. The van der Waals surface area contributed by atoms with Gasteiger partial charge in [-0.3, -0.25) is 10.1 Å². The molecule has 6 nitrogen and oxygen atoms in total. The van der Waals surface area contributed by atoms with Crippen LogP contribution in [-0.4, -0.2) is 37.7 Å². The molecule has 1 saturated heterocycles. The Morgan fingerprint density at radius 3 is 2.79 bits per heavy atom. The second-order valence-electron chi connectivity index (χ2n) is 4.49. The molecule has 0 spiro atoms. The van der Waals surface area contributed by atoms with E-state index in [1.807, 2.05) is 6.92 Å². The number of hydrogen-bond acceptors (Lipinski definition) is 5. The van der Waals surface area contributed by atoms with Crippen LogP contribution in [-0.2, 0) is 0 Å². The number of piperazine rings is 1. The van der Waals surface area contributed by atoms with E-state index in [-0.39, 0.29) is 5.69 Å². The van der Waals surface area contributed by atoms with E-state index >= 15 is 0 Å². The standard InChI is InChI=1S/C13H19N3O3/c1-2-9-19-13-10-11(3-4-12(13)16(17)18)15-7-5-14-6-8-15/h3-4,10,14H,2,5-9H2,1H3. The minimum atomic E-state index is -0.396. The van der Waals surface area contributed by atoms with Crippen molar-refractivity contribution in [3.05, 3.63) is 28.3 Å². The summed E-state index contributed by atoms with van der Waals surface area (Å²) in [5.41, 5.74) is 1.02. The number of nitrogens with zero attached hydrogens (tertiary/aromatic N) is 2. The van der Waals surface area contributed by atoms with Crippen molar-refractivity contribution in [2.75, 3.05) is 37.7 Å². The van der Waals surface area contributed by atoms with Crippen LogP contribution in [0.25, 0.3) is 0 Å². The Balaban J connectivity index is 2.23. The van der Waals surface area contributed by atoms with E-state index in [1.54, 1.807) is 12.1 Å². The van der Waals surface area contributed by atoms with E-state index < -0.39 is 4.92 Å². The van der Waals surface area contributed by atoms with Gasteiger partial charge >= 0.3 is 5.69 Å². The molecule has 0 radical (unpaired) electrons. The van der Waals surface area contributed by atoms with Gasteiger partial charge in [-0.25, -0.2) is 0 Å². The number of nitrogens with one attached hydrogen (secondary N) is 1. The number of nitro groups is 1. The quantitative estimate of drug-likeness (QED) is 0.649.